The van der Waals surface area contributed by atoms with E-state index in [1.54, 1.807) is 0 Å². The summed E-state index contributed by atoms with van der Waals surface area (Å²) in [6.45, 7) is 3.04. The van der Waals surface area contributed by atoms with E-state index in [1.165, 1.54) is 0 Å². The summed E-state index contributed by atoms with van der Waals surface area (Å²) < 4.78 is 0. The molecule has 0 rings (SSSR count). The maximum Gasteiger partial charge on any atom is 0.00225 e. The number of rotatable bonds is 3. The lowest BCUT2D eigenvalue weighted by Gasteiger charge is -2.00. The maximum atomic E-state index is 5.44. The first-order valence-electron chi connectivity index (χ1n) is 2.67. The molecule has 0 fully saturated rings. The van der Waals surface area contributed by atoms with E-state index in [2.05, 4.69) is 5.32 Å². The Hall–Kier alpha value is 0.500. The van der Waals surface area contributed by atoms with Gasteiger partial charge in [-0.2, -0.15) is 0 Å². The highest BCUT2D eigenvalue weighted by molar-refractivity contribution is 5.85. The first-order chi connectivity index (χ1) is 3.27. The second-order valence-corrected chi connectivity index (χ2v) is 1.87. The molecule has 0 spiro atoms. The Morgan fingerprint density at radius 1 is 1.44 bits per heavy atom. The molecule has 0 radical (unpaired) electrons. The molecule has 0 aromatic heterocycles. The van der Waals surface area contributed by atoms with Crippen molar-refractivity contribution >= 4 is 24.8 Å². The van der Waals surface area contributed by atoms with Gasteiger partial charge >= 0.3 is 0 Å². The van der Waals surface area contributed by atoms with Gasteiger partial charge in [0.15, 0.2) is 0 Å². The summed E-state index contributed by atoms with van der Waals surface area (Å²) in [6.07, 6.45) is 1.07. The quantitative estimate of drug-likeness (QED) is 0.665. The van der Waals surface area contributed by atoms with Gasteiger partial charge in [-0.05, 0) is 26.9 Å². The van der Waals surface area contributed by atoms with E-state index in [1.807, 2.05) is 14.0 Å². The third kappa shape index (κ3) is 17.7. The third-order valence-electron chi connectivity index (χ3n) is 0.850. The van der Waals surface area contributed by atoms with Gasteiger partial charge in [0.05, 0.1) is 0 Å². The Kier molecular flexibility index (Phi) is 20.4. The Labute approximate surface area is 69.4 Å². The standard InChI is InChI=1S/C5H14N2.2ClH/c1-5(6)3-4-7-2;;/h5,7H,3-4,6H2,1-2H3;2*1H. The molecule has 60 valence electrons. The van der Waals surface area contributed by atoms with Crippen molar-refractivity contribution in [3.05, 3.63) is 0 Å². The molecule has 3 N–H and O–H groups in total. The summed E-state index contributed by atoms with van der Waals surface area (Å²) in [7, 11) is 1.93. The van der Waals surface area contributed by atoms with Crippen LogP contribution in [0.2, 0.25) is 0 Å². The smallest absolute Gasteiger partial charge is 0.00225 e. The molecule has 2 nitrogen and oxygen atoms in total. The van der Waals surface area contributed by atoms with Gasteiger partial charge in [-0.15, -0.1) is 24.8 Å². The molecule has 0 aliphatic carbocycles. The average Bonchev–Trinajstić information content (AvgIpc) is 1.61. The third-order valence-corrected chi connectivity index (χ3v) is 0.850. The molecule has 9 heavy (non-hydrogen) atoms. The molecular formula is C5H16Cl2N2. The molecule has 0 amide bonds. The van der Waals surface area contributed by atoms with Crippen molar-refractivity contribution in [3.63, 3.8) is 0 Å². The normalized spacial score (nSPS) is 11.0. The molecule has 0 aliphatic rings. The van der Waals surface area contributed by atoms with Gasteiger partial charge in [0.25, 0.3) is 0 Å². The number of hydrogen-bond acceptors (Lipinski definition) is 2. The molecule has 0 saturated heterocycles. The fourth-order valence-corrected chi connectivity index (χ4v) is 0.372. The summed E-state index contributed by atoms with van der Waals surface area (Å²) in [4.78, 5) is 0. The summed E-state index contributed by atoms with van der Waals surface area (Å²) in [6, 6.07) is 0.340. The van der Waals surface area contributed by atoms with Crippen molar-refractivity contribution in [2.24, 2.45) is 5.73 Å². The number of nitrogens with two attached hydrogens (primary N) is 1. The zero-order valence-electron chi connectivity index (χ0n) is 5.89. The van der Waals surface area contributed by atoms with E-state index < -0.39 is 0 Å². The van der Waals surface area contributed by atoms with E-state index in [-0.39, 0.29) is 24.8 Å². The van der Waals surface area contributed by atoms with Gasteiger partial charge in [-0.1, -0.05) is 0 Å². The highest BCUT2D eigenvalue weighted by Crippen LogP contribution is 1.79. The predicted molar refractivity (Wildman–Crippen MR) is 46.7 cm³/mol. The van der Waals surface area contributed by atoms with Crippen molar-refractivity contribution in [2.75, 3.05) is 13.6 Å². The van der Waals surface area contributed by atoms with Crippen LogP contribution >= 0.6 is 24.8 Å². The van der Waals surface area contributed by atoms with Crippen LogP contribution in [0.3, 0.4) is 0 Å². The van der Waals surface area contributed by atoms with Crippen LogP contribution in [-0.4, -0.2) is 19.6 Å². The van der Waals surface area contributed by atoms with Crippen molar-refractivity contribution in [3.8, 4) is 0 Å². The summed E-state index contributed by atoms with van der Waals surface area (Å²) in [5, 5.41) is 3.02. The number of halogens is 2. The molecule has 0 aliphatic heterocycles. The Morgan fingerprint density at radius 2 is 1.89 bits per heavy atom. The largest absolute Gasteiger partial charge is 0.328 e. The lowest BCUT2D eigenvalue weighted by atomic mass is 10.2. The molecule has 0 aromatic rings. The predicted octanol–water partition coefficient (Wildman–Crippen LogP) is 0.787. The van der Waals surface area contributed by atoms with Gasteiger partial charge < -0.3 is 11.1 Å². The minimum atomic E-state index is 0. The van der Waals surface area contributed by atoms with Crippen molar-refractivity contribution in [1.29, 1.82) is 0 Å². The lowest BCUT2D eigenvalue weighted by Crippen LogP contribution is -2.21. The average molecular weight is 175 g/mol. The monoisotopic (exact) mass is 174 g/mol. The fourth-order valence-electron chi connectivity index (χ4n) is 0.372. The van der Waals surface area contributed by atoms with Crippen LogP contribution in [0.25, 0.3) is 0 Å². The van der Waals surface area contributed by atoms with E-state index in [0.29, 0.717) is 6.04 Å². The van der Waals surface area contributed by atoms with Gasteiger partial charge in [-0.3, -0.25) is 0 Å². The van der Waals surface area contributed by atoms with Crippen LogP contribution < -0.4 is 11.1 Å². The molecule has 0 bridgehead atoms. The number of hydrogen-bond donors (Lipinski definition) is 2. The highest BCUT2D eigenvalue weighted by Gasteiger charge is 1.88. The first kappa shape index (κ1) is 16.2. The van der Waals surface area contributed by atoms with Gasteiger partial charge in [0.2, 0.25) is 0 Å². The van der Waals surface area contributed by atoms with E-state index in [4.69, 9.17) is 5.73 Å². The molecule has 1 atom stereocenters. The minimum absolute atomic E-state index is 0. The van der Waals surface area contributed by atoms with Crippen molar-refractivity contribution in [2.45, 2.75) is 19.4 Å². The van der Waals surface area contributed by atoms with Crippen LogP contribution in [0.1, 0.15) is 13.3 Å². The highest BCUT2D eigenvalue weighted by atomic mass is 35.5. The minimum Gasteiger partial charge on any atom is -0.328 e. The fraction of sp³-hybridized carbons (Fsp3) is 1.00. The summed E-state index contributed by atoms with van der Waals surface area (Å²) in [5.41, 5.74) is 5.44. The summed E-state index contributed by atoms with van der Waals surface area (Å²) >= 11 is 0. The van der Waals surface area contributed by atoms with Crippen LogP contribution in [0.5, 0.6) is 0 Å². The van der Waals surface area contributed by atoms with Crippen LogP contribution in [0.15, 0.2) is 0 Å². The molecule has 0 aromatic carbocycles. The SMILES string of the molecule is CNCCC(C)N.Cl.Cl. The Bertz CT molecular complexity index is 41.9. The van der Waals surface area contributed by atoms with Crippen molar-refractivity contribution in [1.82, 2.24) is 5.32 Å². The molecule has 0 saturated carbocycles. The molecule has 1 unspecified atom stereocenters. The van der Waals surface area contributed by atoms with Gasteiger partial charge in [0, 0.05) is 6.04 Å². The van der Waals surface area contributed by atoms with E-state index in [9.17, 15) is 0 Å². The number of nitrogens with one attached hydrogen (secondary N) is 1. The second kappa shape index (κ2) is 11.3. The molecular weight excluding hydrogens is 159 g/mol. The topological polar surface area (TPSA) is 38.0 Å². The van der Waals surface area contributed by atoms with Crippen LogP contribution in [0, 0.1) is 0 Å². The molecule has 4 heteroatoms. The Balaban J connectivity index is -0.000000180. The van der Waals surface area contributed by atoms with E-state index >= 15 is 0 Å². The first-order valence-corrected chi connectivity index (χ1v) is 2.67. The van der Waals surface area contributed by atoms with E-state index in [0.717, 1.165) is 13.0 Å². The van der Waals surface area contributed by atoms with Crippen LogP contribution in [0.4, 0.5) is 0 Å². The lowest BCUT2D eigenvalue weighted by molar-refractivity contribution is 0.627. The van der Waals surface area contributed by atoms with Crippen LogP contribution in [-0.2, 0) is 0 Å². The second-order valence-electron chi connectivity index (χ2n) is 1.87. The van der Waals surface area contributed by atoms with Gasteiger partial charge in [-0.25, -0.2) is 0 Å². The van der Waals surface area contributed by atoms with Crippen molar-refractivity contribution < 1.29 is 0 Å². The zero-order valence-corrected chi connectivity index (χ0v) is 7.52. The summed E-state index contributed by atoms with van der Waals surface area (Å²) in [5.74, 6) is 0. The molecule has 0 heterocycles. The maximum absolute atomic E-state index is 5.44. The zero-order chi connectivity index (χ0) is 5.70. The van der Waals surface area contributed by atoms with Gasteiger partial charge in [0.1, 0.15) is 0 Å². The Morgan fingerprint density at radius 3 is 2.00 bits per heavy atom.